The molecule has 132 valence electrons. The SMILES string of the molecule is Cc1cc(CCC(=O)O)ccc1-c1cc(C)c(OCC(=O)O)c(C)c1. The first kappa shape index (κ1) is 18.5. The molecule has 0 radical (unpaired) electrons. The van der Waals surface area contributed by atoms with Gasteiger partial charge in [-0.25, -0.2) is 4.79 Å². The van der Waals surface area contributed by atoms with Crippen molar-refractivity contribution in [1.29, 1.82) is 0 Å². The molecule has 0 fully saturated rings. The van der Waals surface area contributed by atoms with Crippen LogP contribution in [0.1, 0.15) is 28.7 Å². The van der Waals surface area contributed by atoms with Crippen molar-refractivity contribution in [1.82, 2.24) is 0 Å². The topological polar surface area (TPSA) is 83.8 Å². The fraction of sp³-hybridized carbons (Fsp3) is 0.300. The summed E-state index contributed by atoms with van der Waals surface area (Å²) in [6.07, 6.45) is 0.628. The Kier molecular flexibility index (Phi) is 5.80. The molecule has 0 amide bonds. The van der Waals surface area contributed by atoms with Crippen LogP contribution in [0, 0.1) is 20.8 Å². The fourth-order valence-electron chi connectivity index (χ4n) is 2.92. The number of carboxylic acids is 2. The molecule has 5 heteroatoms. The zero-order valence-corrected chi connectivity index (χ0v) is 14.6. The van der Waals surface area contributed by atoms with E-state index in [9.17, 15) is 9.59 Å². The third kappa shape index (κ3) is 4.83. The Hall–Kier alpha value is -2.82. The van der Waals surface area contributed by atoms with Gasteiger partial charge in [0.25, 0.3) is 0 Å². The van der Waals surface area contributed by atoms with E-state index in [1.807, 2.05) is 51.1 Å². The number of hydrogen-bond donors (Lipinski definition) is 2. The van der Waals surface area contributed by atoms with Crippen molar-refractivity contribution in [2.24, 2.45) is 0 Å². The molecular weight excluding hydrogens is 320 g/mol. The molecule has 0 saturated heterocycles. The van der Waals surface area contributed by atoms with Crippen molar-refractivity contribution in [2.45, 2.75) is 33.6 Å². The average Bonchev–Trinajstić information content (AvgIpc) is 2.51. The molecule has 2 rings (SSSR count). The first-order valence-corrected chi connectivity index (χ1v) is 8.05. The molecule has 2 N–H and O–H groups in total. The third-order valence-corrected chi connectivity index (χ3v) is 4.03. The summed E-state index contributed by atoms with van der Waals surface area (Å²) in [6.45, 7) is 5.42. The van der Waals surface area contributed by atoms with Crippen LogP contribution in [0.2, 0.25) is 0 Å². The molecule has 0 heterocycles. The minimum Gasteiger partial charge on any atom is -0.481 e. The summed E-state index contributed by atoms with van der Waals surface area (Å²) in [5.41, 5.74) is 5.92. The predicted molar refractivity (Wildman–Crippen MR) is 95.2 cm³/mol. The van der Waals surface area contributed by atoms with E-state index >= 15 is 0 Å². The maximum atomic E-state index is 10.7. The lowest BCUT2D eigenvalue weighted by Gasteiger charge is -2.15. The predicted octanol–water partition coefficient (Wildman–Crippen LogP) is 3.76. The first-order valence-electron chi connectivity index (χ1n) is 8.05. The number of benzene rings is 2. The van der Waals surface area contributed by atoms with E-state index in [2.05, 4.69) is 0 Å². The number of ether oxygens (including phenoxy) is 1. The minimum absolute atomic E-state index is 0.118. The Bertz CT molecular complexity index is 785. The third-order valence-electron chi connectivity index (χ3n) is 4.03. The van der Waals surface area contributed by atoms with Gasteiger partial charge >= 0.3 is 11.9 Å². The van der Waals surface area contributed by atoms with Crippen molar-refractivity contribution < 1.29 is 24.5 Å². The summed E-state index contributed by atoms with van der Waals surface area (Å²) < 4.78 is 5.37. The summed E-state index contributed by atoms with van der Waals surface area (Å²) >= 11 is 0. The standard InChI is InChI=1S/C20H22O5/c1-12-8-15(5-7-18(21)22)4-6-17(12)16-9-13(2)20(14(3)10-16)25-11-19(23)24/h4,6,8-10H,5,7,11H2,1-3H3,(H,21,22)(H,23,24). The summed E-state index contributed by atoms with van der Waals surface area (Å²) in [6, 6.07) is 9.91. The molecule has 0 unspecified atom stereocenters. The number of carbonyl (C=O) groups is 2. The van der Waals surface area contributed by atoms with Gasteiger partial charge in [-0.2, -0.15) is 0 Å². The van der Waals surface area contributed by atoms with Crippen LogP contribution in [0.4, 0.5) is 0 Å². The second-order valence-electron chi connectivity index (χ2n) is 6.16. The lowest BCUT2D eigenvalue weighted by Crippen LogP contribution is -2.11. The van der Waals surface area contributed by atoms with Gasteiger partial charge in [0, 0.05) is 6.42 Å². The van der Waals surface area contributed by atoms with Crippen LogP contribution < -0.4 is 4.74 Å². The zero-order valence-electron chi connectivity index (χ0n) is 14.6. The quantitative estimate of drug-likeness (QED) is 0.800. The Morgan fingerprint density at radius 2 is 1.56 bits per heavy atom. The summed E-state index contributed by atoms with van der Waals surface area (Å²) in [7, 11) is 0. The van der Waals surface area contributed by atoms with Crippen LogP contribution in [-0.2, 0) is 16.0 Å². The molecule has 0 aromatic heterocycles. The van der Waals surface area contributed by atoms with Crippen LogP contribution in [0.3, 0.4) is 0 Å². The van der Waals surface area contributed by atoms with Crippen molar-refractivity contribution in [3.8, 4) is 16.9 Å². The second kappa shape index (κ2) is 7.83. The van der Waals surface area contributed by atoms with Crippen LogP contribution in [0.15, 0.2) is 30.3 Å². The molecular formula is C20H22O5. The lowest BCUT2D eigenvalue weighted by atomic mass is 9.94. The maximum absolute atomic E-state index is 10.7. The highest BCUT2D eigenvalue weighted by atomic mass is 16.5. The maximum Gasteiger partial charge on any atom is 0.341 e. The number of hydrogen-bond acceptors (Lipinski definition) is 3. The molecule has 0 saturated carbocycles. The number of aryl methyl sites for hydroxylation is 4. The van der Waals surface area contributed by atoms with E-state index in [0.717, 1.165) is 33.4 Å². The molecule has 0 bridgehead atoms. The van der Waals surface area contributed by atoms with Gasteiger partial charge in [0.2, 0.25) is 0 Å². The van der Waals surface area contributed by atoms with Crippen molar-refractivity contribution >= 4 is 11.9 Å². The smallest absolute Gasteiger partial charge is 0.341 e. The van der Waals surface area contributed by atoms with Gasteiger partial charge in [-0.05, 0) is 72.7 Å². The van der Waals surface area contributed by atoms with Crippen LogP contribution in [0.5, 0.6) is 5.75 Å². The van der Waals surface area contributed by atoms with E-state index in [0.29, 0.717) is 12.2 Å². The van der Waals surface area contributed by atoms with E-state index in [-0.39, 0.29) is 13.0 Å². The molecule has 0 aliphatic heterocycles. The molecule has 2 aromatic rings. The number of rotatable bonds is 7. The first-order chi connectivity index (χ1) is 11.8. The van der Waals surface area contributed by atoms with Crippen LogP contribution in [-0.4, -0.2) is 28.8 Å². The lowest BCUT2D eigenvalue weighted by molar-refractivity contribution is -0.139. The summed E-state index contributed by atoms with van der Waals surface area (Å²) in [5, 5.41) is 17.6. The van der Waals surface area contributed by atoms with E-state index in [1.165, 1.54) is 0 Å². The monoisotopic (exact) mass is 342 g/mol. The van der Waals surface area contributed by atoms with Crippen molar-refractivity contribution in [2.75, 3.05) is 6.61 Å². The highest BCUT2D eigenvalue weighted by Gasteiger charge is 2.11. The minimum atomic E-state index is -1.00. The van der Waals surface area contributed by atoms with Gasteiger partial charge in [0.1, 0.15) is 5.75 Å². The normalized spacial score (nSPS) is 10.5. The van der Waals surface area contributed by atoms with Gasteiger partial charge in [0.15, 0.2) is 6.61 Å². The Morgan fingerprint density at radius 1 is 0.920 bits per heavy atom. The highest BCUT2D eigenvalue weighted by Crippen LogP contribution is 2.32. The van der Waals surface area contributed by atoms with Crippen LogP contribution >= 0.6 is 0 Å². The van der Waals surface area contributed by atoms with Gasteiger partial charge < -0.3 is 14.9 Å². The Labute approximate surface area is 146 Å². The number of aliphatic carboxylic acids is 2. The van der Waals surface area contributed by atoms with Gasteiger partial charge in [-0.1, -0.05) is 18.2 Å². The fourth-order valence-corrected chi connectivity index (χ4v) is 2.92. The van der Waals surface area contributed by atoms with Gasteiger partial charge in [-0.3, -0.25) is 4.79 Å². The van der Waals surface area contributed by atoms with Crippen molar-refractivity contribution in [3.05, 3.63) is 52.6 Å². The molecule has 25 heavy (non-hydrogen) atoms. The summed E-state index contributed by atoms with van der Waals surface area (Å²) in [4.78, 5) is 21.4. The second-order valence-corrected chi connectivity index (χ2v) is 6.16. The molecule has 0 spiro atoms. The number of carboxylic acid groups (broad SMARTS) is 2. The highest BCUT2D eigenvalue weighted by molar-refractivity contribution is 5.72. The van der Waals surface area contributed by atoms with Gasteiger partial charge in [-0.15, -0.1) is 0 Å². The molecule has 0 aliphatic rings. The molecule has 0 aliphatic carbocycles. The molecule has 2 aromatic carbocycles. The van der Waals surface area contributed by atoms with Gasteiger partial charge in [0.05, 0.1) is 0 Å². The van der Waals surface area contributed by atoms with Crippen molar-refractivity contribution in [3.63, 3.8) is 0 Å². The Morgan fingerprint density at radius 3 is 2.08 bits per heavy atom. The molecule has 0 atom stereocenters. The average molecular weight is 342 g/mol. The van der Waals surface area contributed by atoms with Crippen LogP contribution in [0.25, 0.3) is 11.1 Å². The largest absolute Gasteiger partial charge is 0.481 e. The van der Waals surface area contributed by atoms with E-state index in [1.54, 1.807) is 0 Å². The van der Waals surface area contributed by atoms with E-state index in [4.69, 9.17) is 14.9 Å². The molecule has 5 nitrogen and oxygen atoms in total. The summed E-state index contributed by atoms with van der Waals surface area (Å²) in [5.74, 6) is -1.21. The van der Waals surface area contributed by atoms with E-state index < -0.39 is 11.9 Å². The Balaban J connectivity index is 2.29. The zero-order chi connectivity index (χ0) is 18.6.